The number of hydrogen-bond acceptors (Lipinski definition) is 9. The topological polar surface area (TPSA) is 175 Å². The molecule has 9 rings (SSSR count). The van der Waals surface area contributed by atoms with Crippen molar-refractivity contribution in [3.63, 3.8) is 0 Å². The van der Waals surface area contributed by atoms with Crippen LogP contribution in [0.3, 0.4) is 0 Å². The molecule has 0 saturated carbocycles. The number of furan rings is 1. The van der Waals surface area contributed by atoms with Crippen molar-refractivity contribution in [2.24, 2.45) is 0 Å². The summed E-state index contributed by atoms with van der Waals surface area (Å²) in [5, 5.41) is 92.8. The Bertz CT molecular complexity index is 2860. The molecule has 248 valence electrons. The Morgan fingerprint density at radius 3 is 1.43 bits per heavy atom. The monoisotopic (exact) mass is 674 g/mol. The van der Waals surface area contributed by atoms with Crippen LogP contribution in [0.15, 0.2) is 114 Å². The van der Waals surface area contributed by atoms with Gasteiger partial charge in [-0.25, -0.2) is 0 Å². The molecule has 8 N–H and O–H groups in total. The number of benzene rings is 8. The lowest BCUT2D eigenvalue weighted by molar-refractivity contribution is 0.350. The van der Waals surface area contributed by atoms with Gasteiger partial charge in [-0.2, -0.15) is 0 Å². The van der Waals surface area contributed by atoms with Gasteiger partial charge in [-0.05, 0) is 63.4 Å². The lowest BCUT2D eigenvalue weighted by atomic mass is 9.82. The van der Waals surface area contributed by atoms with Crippen molar-refractivity contribution in [1.82, 2.24) is 0 Å². The summed E-state index contributed by atoms with van der Waals surface area (Å²) in [7, 11) is 0. The van der Waals surface area contributed by atoms with Crippen LogP contribution in [0.25, 0.3) is 87.6 Å². The summed E-state index contributed by atoms with van der Waals surface area (Å²) >= 11 is 0. The maximum atomic E-state index is 11.7. The van der Waals surface area contributed by atoms with Crippen LogP contribution in [-0.4, -0.2) is 40.9 Å². The standard InChI is InChI=1S/C42H26O9/c43-35-31-29(21-14-15-28-26(17-21)24-12-6-7-13-27(24)51-28)32-34(38(46)42(50)40(48)36(32)44)30(33(31)37(45)41(49)39(35)47)22-16-20-10-4-5-11-23(20)25(18-22)19-8-2-1-3-9-19/h1-18,43-50H. The first kappa shape index (κ1) is 29.8. The maximum absolute atomic E-state index is 11.7. The molecule has 0 aliphatic rings. The molecule has 0 bridgehead atoms. The predicted octanol–water partition coefficient (Wildman–Crippen LogP) is 9.69. The lowest BCUT2D eigenvalue weighted by Gasteiger charge is -2.23. The number of hydrogen-bond donors (Lipinski definition) is 8. The highest BCUT2D eigenvalue weighted by Gasteiger charge is 2.32. The predicted molar refractivity (Wildman–Crippen MR) is 196 cm³/mol. The molecule has 0 saturated heterocycles. The van der Waals surface area contributed by atoms with Crippen LogP contribution in [0.5, 0.6) is 46.0 Å². The quantitative estimate of drug-likeness (QED) is 0.0515. The first-order chi connectivity index (χ1) is 24.7. The van der Waals surface area contributed by atoms with Gasteiger partial charge in [0.1, 0.15) is 11.2 Å². The molecule has 0 spiro atoms. The Hall–Kier alpha value is -7.26. The fraction of sp³-hybridized carbons (Fsp3) is 0. The summed E-state index contributed by atoms with van der Waals surface area (Å²) < 4.78 is 6.01. The molecule has 51 heavy (non-hydrogen) atoms. The van der Waals surface area contributed by atoms with Crippen molar-refractivity contribution in [1.29, 1.82) is 0 Å². The minimum absolute atomic E-state index is 0.0206. The third kappa shape index (κ3) is 4.09. The van der Waals surface area contributed by atoms with E-state index in [9.17, 15) is 40.9 Å². The van der Waals surface area contributed by atoms with Gasteiger partial charge in [0, 0.05) is 43.4 Å². The van der Waals surface area contributed by atoms with Crippen LogP contribution in [-0.2, 0) is 0 Å². The second kappa shape index (κ2) is 10.6. The van der Waals surface area contributed by atoms with Crippen LogP contribution in [0, 0.1) is 0 Å². The van der Waals surface area contributed by atoms with Crippen molar-refractivity contribution < 1.29 is 45.3 Å². The zero-order valence-corrected chi connectivity index (χ0v) is 26.4. The molecule has 0 radical (unpaired) electrons. The summed E-state index contributed by atoms with van der Waals surface area (Å²) in [6.45, 7) is 0. The fourth-order valence-electron chi connectivity index (χ4n) is 7.39. The Morgan fingerprint density at radius 2 is 0.824 bits per heavy atom. The van der Waals surface area contributed by atoms with Crippen LogP contribution in [0.1, 0.15) is 0 Å². The van der Waals surface area contributed by atoms with Gasteiger partial charge in [0.25, 0.3) is 0 Å². The Balaban J connectivity index is 1.54. The van der Waals surface area contributed by atoms with E-state index in [1.807, 2.05) is 72.8 Å². The number of phenolic OH excluding ortho intramolecular Hbond substituents is 8. The lowest BCUT2D eigenvalue weighted by Crippen LogP contribution is -1.95. The molecule has 8 aromatic carbocycles. The van der Waals surface area contributed by atoms with E-state index in [-0.39, 0.29) is 32.7 Å². The fourth-order valence-corrected chi connectivity index (χ4v) is 7.39. The van der Waals surface area contributed by atoms with Crippen molar-refractivity contribution in [2.45, 2.75) is 0 Å². The van der Waals surface area contributed by atoms with E-state index in [1.165, 1.54) is 0 Å². The minimum Gasteiger partial charge on any atom is -0.504 e. The van der Waals surface area contributed by atoms with Gasteiger partial charge in [0.2, 0.25) is 23.0 Å². The van der Waals surface area contributed by atoms with Gasteiger partial charge >= 0.3 is 0 Å². The van der Waals surface area contributed by atoms with Gasteiger partial charge in [-0.1, -0.05) is 78.9 Å². The molecule has 1 heterocycles. The number of para-hydroxylation sites is 1. The number of phenols is 8. The second-order valence-electron chi connectivity index (χ2n) is 12.5. The first-order valence-corrected chi connectivity index (χ1v) is 15.9. The maximum Gasteiger partial charge on any atom is 0.204 e. The molecule has 1 aromatic heterocycles. The van der Waals surface area contributed by atoms with Gasteiger partial charge in [-0.3, -0.25) is 0 Å². The highest BCUT2D eigenvalue weighted by atomic mass is 16.4. The molecule has 9 aromatic rings. The molecule has 9 nitrogen and oxygen atoms in total. The van der Waals surface area contributed by atoms with E-state index in [0.29, 0.717) is 27.7 Å². The normalized spacial score (nSPS) is 11.8. The van der Waals surface area contributed by atoms with E-state index in [2.05, 4.69) is 0 Å². The molecule has 0 atom stereocenters. The van der Waals surface area contributed by atoms with E-state index in [0.717, 1.165) is 27.3 Å². The Morgan fingerprint density at radius 1 is 0.333 bits per heavy atom. The number of fused-ring (bicyclic) bond motifs is 6. The largest absolute Gasteiger partial charge is 0.504 e. The minimum atomic E-state index is -1.03. The Labute approximate surface area is 287 Å². The SMILES string of the molecule is Oc1c(O)c(O)c2c(-c3ccc4oc5ccccc5c4c3)c3c(O)c(O)c(O)c(O)c3c(-c3cc(-c4ccccc4)c4ccccc4c3)c2c1O. The van der Waals surface area contributed by atoms with E-state index in [1.54, 1.807) is 36.4 Å². The van der Waals surface area contributed by atoms with Gasteiger partial charge in [0.15, 0.2) is 23.0 Å². The van der Waals surface area contributed by atoms with E-state index in [4.69, 9.17) is 4.42 Å². The van der Waals surface area contributed by atoms with E-state index < -0.39 is 46.0 Å². The summed E-state index contributed by atoms with van der Waals surface area (Å²) in [5.74, 6) is -7.48. The molecule has 0 unspecified atom stereocenters. The summed E-state index contributed by atoms with van der Waals surface area (Å²) in [6.07, 6.45) is 0. The van der Waals surface area contributed by atoms with Gasteiger partial charge in [0.05, 0.1) is 0 Å². The molecule has 0 amide bonds. The molecular weight excluding hydrogens is 648 g/mol. The average molecular weight is 675 g/mol. The van der Waals surface area contributed by atoms with Gasteiger partial charge in [-0.15, -0.1) is 0 Å². The second-order valence-corrected chi connectivity index (χ2v) is 12.5. The summed E-state index contributed by atoms with van der Waals surface area (Å²) in [5.41, 5.74) is 3.30. The highest BCUT2D eigenvalue weighted by Crippen LogP contribution is 2.62. The van der Waals surface area contributed by atoms with Crippen molar-refractivity contribution in [2.75, 3.05) is 0 Å². The molecule has 9 heteroatoms. The zero-order valence-electron chi connectivity index (χ0n) is 26.4. The number of rotatable bonds is 3. The van der Waals surface area contributed by atoms with E-state index >= 15 is 0 Å². The Kier molecular flexibility index (Phi) is 6.21. The third-order valence-electron chi connectivity index (χ3n) is 9.69. The molecule has 0 fully saturated rings. The zero-order chi connectivity index (χ0) is 35.3. The van der Waals surface area contributed by atoms with Crippen LogP contribution < -0.4 is 0 Å². The van der Waals surface area contributed by atoms with Crippen molar-refractivity contribution in [3.05, 3.63) is 109 Å². The summed E-state index contributed by atoms with van der Waals surface area (Å²) in [6, 6.07) is 32.9. The number of aromatic hydroxyl groups is 8. The van der Waals surface area contributed by atoms with Crippen molar-refractivity contribution in [3.8, 4) is 79.4 Å². The molecule has 0 aliphatic carbocycles. The van der Waals surface area contributed by atoms with Crippen molar-refractivity contribution >= 4 is 54.3 Å². The van der Waals surface area contributed by atoms with Crippen LogP contribution in [0.4, 0.5) is 0 Å². The smallest absolute Gasteiger partial charge is 0.204 e. The molecular formula is C42H26O9. The van der Waals surface area contributed by atoms with Gasteiger partial charge < -0.3 is 45.3 Å². The van der Waals surface area contributed by atoms with Crippen LogP contribution >= 0.6 is 0 Å². The highest BCUT2D eigenvalue weighted by molar-refractivity contribution is 6.29. The molecule has 0 aliphatic heterocycles. The average Bonchev–Trinajstić information content (AvgIpc) is 3.54. The third-order valence-corrected chi connectivity index (χ3v) is 9.69. The summed E-state index contributed by atoms with van der Waals surface area (Å²) in [4.78, 5) is 0. The first-order valence-electron chi connectivity index (χ1n) is 15.9. The van der Waals surface area contributed by atoms with Crippen LogP contribution in [0.2, 0.25) is 0 Å².